The van der Waals surface area contributed by atoms with Crippen molar-refractivity contribution < 1.29 is 13.5 Å². The molecule has 3 rings (SSSR count). The molecule has 0 saturated carbocycles. The minimum atomic E-state index is -3.18. The van der Waals surface area contributed by atoms with Gasteiger partial charge in [0.15, 0.2) is 9.84 Å². The molecular formula is C19H24N2O3S. The third kappa shape index (κ3) is 4.74. The van der Waals surface area contributed by atoms with E-state index in [0.29, 0.717) is 11.3 Å². The molecule has 1 saturated heterocycles. The van der Waals surface area contributed by atoms with Crippen molar-refractivity contribution in [3.8, 4) is 5.75 Å². The van der Waals surface area contributed by atoms with Gasteiger partial charge in [0.25, 0.3) is 0 Å². The first-order valence-corrected chi connectivity index (χ1v) is 10.2. The van der Waals surface area contributed by atoms with Crippen LogP contribution in [0, 0.1) is 0 Å². The molecule has 1 N–H and O–H groups in total. The van der Waals surface area contributed by atoms with Crippen LogP contribution in [-0.4, -0.2) is 56.9 Å². The van der Waals surface area contributed by atoms with E-state index in [0.717, 1.165) is 38.4 Å². The van der Waals surface area contributed by atoms with E-state index in [1.54, 1.807) is 36.4 Å². The summed E-state index contributed by atoms with van der Waals surface area (Å²) < 4.78 is 24.6. The molecule has 0 spiro atoms. The summed E-state index contributed by atoms with van der Waals surface area (Å²) in [6.07, 6.45) is 0.649. The molecule has 5 nitrogen and oxygen atoms in total. The lowest BCUT2D eigenvalue weighted by molar-refractivity contribution is 0.259. The lowest BCUT2D eigenvalue weighted by Crippen LogP contribution is -2.46. The lowest BCUT2D eigenvalue weighted by atomic mass is 10.2. The molecule has 0 amide bonds. The molecule has 1 aliphatic rings. The number of hydrogen-bond donors (Lipinski definition) is 1. The fourth-order valence-corrected chi connectivity index (χ4v) is 4.43. The number of piperazine rings is 1. The largest absolute Gasteiger partial charge is 0.508 e. The number of hydrogen-bond acceptors (Lipinski definition) is 5. The Morgan fingerprint density at radius 1 is 0.880 bits per heavy atom. The third-order valence-corrected chi connectivity index (χ3v) is 6.39. The number of sulfone groups is 1. The van der Waals surface area contributed by atoms with Crippen molar-refractivity contribution in [1.82, 2.24) is 4.90 Å². The van der Waals surface area contributed by atoms with Gasteiger partial charge in [0, 0.05) is 31.9 Å². The van der Waals surface area contributed by atoms with Crippen molar-refractivity contribution in [3.63, 3.8) is 0 Å². The predicted molar refractivity (Wildman–Crippen MR) is 99.9 cm³/mol. The quantitative estimate of drug-likeness (QED) is 0.857. The fourth-order valence-electron chi connectivity index (χ4n) is 3.12. The number of nitrogens with zero attached hydrogens (tertiary/aromatic N) is 2. The highest BCUT2D eigenvalue weighted by molar-refractivity contribution is 7.91. The van der Waals surface area contributed by atoms with Crippen LogP contribution >= 0.6 is 0 Å². The zero-order valence-electron chi connectivity index (χ0n) is 14.2. The van der Waals surface area contributed by atoms with Crippen molar-refractivity contribution in [2.75, 3.05) is 43.4 Å². The smallest absolute Gasteiger partial charge is 0.178 e. The summed E-state index contributed by atoms with van der Waals surface area (Å²) in [4.78, 5) is 5.01. The van der Waals surface area contributed by atoms with E-state index < -0.39 is 9.84 Å². The zero-order valence-corrected chi connectivity index (χ0v) is 15.0. The number of anilines is 1. The molecule has 2 aromatic rings. The fraction of sp³-hybridized carbons (Fsp3) is 0.368. The Morgan fingerprint density at radius 2 is 1.52 bits per heavy atom. The summed E-state index contributed by atoms with van der Waals surface area (Å²) in [5.41, 5.74) is 1.11. The molecule has 1 heterocycles. The third-order valence-electron chi connectivity index (χ3n) is 4.58. The van der Waals surface area contributed by atoms with Gasteiger partial charge in [0.05, 0.1) is 10.6 Å². The molecule has 1 fully saturated rings. The number of phenolic OH excluding ortho intramolecular Hbond substituents is 1. The summed E-state index contributed by atoms with van der Waals surface area (Å²) in [5.74, 6) is 0.469. The highest BCUT2D eigenvalue weighted by Crippen LogP contribution is 2.20. The van der Waals surface area contributed by atoms with Gasteiger partial charge in [-0.05, 0) is 49.4 Å². The van der Waals surface area contributed by atoms with E-state index in [1.165, 1.54) is 0 Å². The van der Waals surface area contributed by atoms with Crippen molar-refractivity contribution in [2.45, 2.75) is 11.3 Å². The van der Waals surface area contributed by atoms with E-state index in [9.17, 15) is 13.5 Å². The molecule has 0 atom stereocenters. The minimum absolute atomic E-state index is 0.190. The van der Waals surface area contributed by atoms with Gasteiger partial charge in [-0.15, -0.1) is 0 Å². The monoisotopic (exact) mass is 360 g/mol. The van der Waals surface area contributed by atoms with E-state index >= 15 is 0 Å². The second kappa shape index (κ2) is 7.89. The molecule has 0 unspecified atom stereocenters. The van der Waals surface area contributed by atoms with Crippen molar-refractivity contribution in [3.05, 3.63) is 54.6 Å². The van der Waals surface area contributed by atoms with Crippen LogP contribution in [0.5, 0.6) is 5.75 Å². The van der Waals surface area contributed by atoms with Crippen molar-refractivity contribution in [1.29, 1.82) is 0 Å². The molecule has 2 aromatic carbocycles. The SMILES string of the molecule is O=S(=O)(CCCN1CCN(c2ccc(O)cc2)CC1)c1ccccc1. The van der Waals surface area contributed by atoms with E-state index in [2.05, 4.69) is 9.80 Å². The summed E-state index contributed by atoms with van der Waals surface area (Å²) in [6, 6.07) is 15.9. The first-order chi connectivity index (χ1) is 12.0. The highest BCUT2D eigenvalue weighted by Gasteiger charge is 2.19. The topological polar surface area (TPSA) is 60.9 Å². The number of phenols is 1. The van der Waals surface area contributed by atoms with Gasteiger partial charge in [-0.3, -0.25) is 4.90 Å². The summed E-state index contributed by atoms with van der Waals surface area (Å²) in [7, 11) is -3.18. The molecule has 0 aliphatic carbocycles. The Morgan fingerprint density at radius 3 is 2.16 bits per heavy atom. The Bertz CT molecular complexity index is 768. The van der Waals surface area contributed by atoms with Gasteiger partial charge < -0.3 is 10.0 Å². The van der Waals surface area contributed by atoms with Crippen LogP contribution in [0.15, 0.2) is 59.5 Å². The first-order valence-electron chi connectivity index (χ1n) is 8.59. The van der Waals surface area contributed by atoms with E-state index in [-0.39, 0.29) is 11.5 Å². The van der Waals surface area contributed by atoms with Gasteiger partial charge in [-0.25, -0.2) is 8.42 Å². The molecule has 134 valence electrons. The maximum absolute atomic E-state index is 12.3. The number of rotatable bonds is 6. The Kier molecular flexibility index (Phi) is 5.60. The first kappa shape index (κ1) is 17.8. The van der Waals surface area contributed by atoms with Crippen LogP contribution in [0.4, 0.5) is 5.69 Å². The average Bonchev–Trinajstić information content (AvgIpc) is 2.64. The van der Waals surface area contributed by atoms with Crippen LogP contribution in [-0.2, 0) is 9.84 Å². The summed E-state index contributed by atoms with van der Waals surface area (Å²) in [5, 5.41) is 9.37. The number of aromatic hydroxyl groups is 1. The van der Waals surface area contributed by atoms with Gasteiger partial charge in [0.2, 0.25) is 0 Å². The minimum Gasteiger partial charge on any atom is -0.508 e. The Balaban J connectivity index is 1.44. The molecule has 0 aromatic heterocycles. The van der Waals surface area contributed by atoms with Gasteiger partial charge in [0.1, 0.15) is 5.75 Å². The maximum atomic E-state index is 12.3. The maximum Gasteiger partial charge on any atom is 0.178 e. The Hall–Kier alpha value is -2.05. The second-order valence-corrected chi connectivity index (χ2v) is 8.44. The van der Waals surface area contributed by atoms with Crippen LogP contribution in [0.2, 0.25) is 0 Å². The van der Waals surface area contributed by atoms with Crippen LogP contribution in [0.1, 0.15) is 6.42 Å². The zero-order chi connectivity index (χ0) is 17.7. The van der Waals surface area contributed by atoms with Gasteiger partial charge in [-0.1, -0.05) is 18.2 Å². The molecular weight excluding hydrogens is 336 g/mol. The molecule has 1 aliphatic heterocycles. The van der Waals surface area contributed by atoms with Gasteiger partial charge >= 0.3 is 0 Å². The molecule has 25 heavy (non-hydrogen) atoms. The van der Waals surface area contributed by atoms with Gasteiger partial charge in [-0.2, -0.15) is 0 Å². The van der Waals surface area contributed by atoms with E-state index in [1.807, 2.05) is 18.2 Å². The molecule has 6 heteroatoms. The number of benzene rings is 2. The predicted octanol–water partition coefficient (Wildman–Crippen LogP) is 2.38. The highest BCUT2D eigenvalue weighted by atomic mass is 32.2. The molecule has 0 bridgehead atoms. The lowest BCUT2D eigenvalue weighted by Gasteiger charge is -2.36. The summed E-state index contributed by atoms with van der Waals surface area (Å²) in [6.45, 7) is 4.47. The second-order valence-electron chi connectivity index (χ2n) is 6.33. The molecule has 0 radical (unpaired) electrons. The van der Waals surface area contributed by atoms with Crippen molar-refractivity contribution in [2.24, 2.45) is 0 Å². The summed E-state index contributed by atoms with van der Waals surface area (Å²) >= 11 is 0. The standard InChI is InChI=1S/C19H24N2O3S/c22-18-9-7-17(8-10-18)21-14-12-20(13-15-21)11-4-16-25(23,24)19-5-2-1-3-6-19/h1-3,5-10,22H,4,11-16H2. The Labute approximate surface area is 149 Å². The van der Waals surface area contributed by atoms with Crippen molar-refractivity contribution >= 4 is 15.5 Å². The van der Waals surface area contributed by atoms with Crippen LogP contribution in [0.25, 0.3) is 0 Å². The average molecular weight is 360 g/mol. The normalized spacial score (nSPS) is 16.1. The van der Waals surface area contributed by atoms with Crippen LogP contribution in [0.3, 0.4) is 0 Å². The van der Waals surface area contributed by atoms with E-state index in [4.69, 9.17) is 0 Å². The van der Waals surface area contributed by atoms with Crippen LogP contribution < -0.4 is 4.90 Å².